The lowest BCUT2D eigenvalue weighted by Gasteiger charge is -2.34. The van der Waals surface area contributed by atoms with E-state index in [-0.39, 0.29) is 11.0 Å². The van der Waals surface area contributed by atoms with E-state index in [1.54, 1.807) is 0 Å². The number of nitrogens with one attached hydrogen (secondary N) is 1. The van der Waals surface area contributed by atoms with Gasteiger partial charge in [-0.2, -0.15) is 0 Å². The minimum absolute atomic E-state index is 0.135. The molecule has 0 amide bonds. The maximum atomic E-state index is 4.75. The molecular weight excluding hydrogens is 266 g/mol. The summed E-state index contributed by atoms with van der Waals surface area (Å²) in [4.78, 5) is 8.37. The Morgan fingerprint density at radius 1 is 1.20 bits per heavy atom. The predicted molar refractivity (Wildman–Crippen MR) is 89.7 cm³/mol. The summed E-state index contributed by atoms with van der Waals surface area (Å²) < 4.78 is 0. The summed E-state index contributed by atoms with van der Waals surface area (Å²) in [6.45, 7) is 16.5. The number of hydrogen-bond donors (Lipinski definition) is 1. The van der Waals surface area contributed by atoms with Crippen molar-refractivity contribution in [1.82, 2.24) is 15.2 Å². The first kappa shape index (κ1) is 17.6. The highest BCUT2D eigenvalue weighted by Crippen LogP contribution is 2.32. The third-order valence-electron chi connectivity index (χ3n) is 3.92. The van der Waals surface area contributed by atoms with Crippen LogP contribution >= 0.6 is 11.3 Å². The largest absolute Gasteiger partial charge is 0.308 e. The monoisotopic (exact) mass is 297 g/mol. The van der Waals surface area contributed by atoms with Crippen molar-refractivity contribution in [3.8, 4) is 0 Å². The van der Waals surface area contributed by atoms with E-state index in [1.165, 1.54) is 15.6 Å². The molecule has 0 aliphatic carbocycles. The Kier molecular flexibility index (Phi) is 5.39. The van der Waals surface area contributed by atoms with Crippen molar-refractivity contribution in [3.63, 3.8) is 0 Å². The number of rotatable bonds is 5. The van der Waals surface area contributed by atoms with Crippen LogP contribution in [-0.4, -0.2) is 36.1 Å². The zero-order valence-electron chi connectivity index (χ0n) is 14.6. The molecule has 1 atom stereocenters. The normalized spacial score (nSPS) is 14.9. The third-order valence-corrected chi connectivity index (χ3v) is 5.68. The number of aromatic nitrogens is 1. The van der Waals surface area contributed by atoms with Gasteiger partial charge in [-0.3, -0.25) is 0 Å². The van der Waals surface area contributed by atoms with Crippen molar-refractivity contribution in [3.05, 3.63) is 15.6 Å². The average molecular weight is 298 g/mol. The molecule has 0 fully saturated rings. The van der Waals surface area contributed by atoms with Crippen LogP contribution in [0.4, 0.5) is 0 Å². The van der Waals surface area contributed by atoms with Crippen LogP contribution in [0.1, 0.15) is 63.2 Å². The minimum atomic E-state index is 0.135. The Hall–Kier alpha value is -0.450. The van der Waals surface area contributed by atoms with Gasteiger partial charge in [0.2, 0.25) is 0 Å². The highest BCUT2D eigenvalue weighted by atomic mass is 32.1. The molecule has 0 spiro atoms. The van der Waals surface area contributed by atoms with Crippen molar-refractivity contribution in [1.29, 1.82) is 0 Å². The van der Waals surface area contributed by atoms with Crippen LogP contribution in [0.15, 0.2) is 0 Å². The van der Waals surface area contributed by atoms with Crippen molar-refractivity contribution in [2.24, 2.45) is 0 Å². The molecular formula is C16H31N3S. The van der Waals surface area contributed by atoms with Crippen LogP contribution in [0.3, 0.4) is 0 Å². The van der Waals surface area contributed by atoms with Crippen LogP contribution in [0.5, 0.6) is 0 Å². The fourth-order valence-corrected chi connectivity index (χ4v) is 2.93. The van der Waals surface area contributed by atoms with Crippen LogP contribution < -0.4 is 5.32 Å². The van der Waals surface area contributed by atoms with E-state index in [1.807, 2.05) is 11.3 Å². The molecule has 4 heteroatoms. The molecule has 1 rings (SSSR count). The van der Waals surface area contributed by atoms with Gasteiger partial charge in [0, 0.05) is 28.4 Å². The van der Waals surface area contributed by atoms with E-state index in [0.29, 0.717) is 6.04 Å². The standard InChI is InChI=1S/C16H31N3S/c1-11(17-10-16(6,7)19(8)9)13-12(2)18-14(20-13)15(3,4)5/h11,17H,10H2,1-9H3. The molecule has 1 heterocycles. The summed E-state index contributed by atoms with van der Waals surface area (Å²) >= 11 is 1.85. The Balaban J connectivity index is 2.79. The molecule has 116 valence electrons. The van der Waals surface area contributed by atoms with E-state index in [9.17, 15) is 0 Å². The molecule has 0 bridgehead atoms. The Labute approximate surface area is 128 Å². The molecule has 0 aliphatic rings. The summed E-state index contributed by atoms with van der Waals surface area (Å²) in [7, 11) is 4.25. The second-order valence-electron chi connectivity index (χ2n) is 7.53. The molecule has 1 aromatic rings. The Bertz CT molecular complexity index is 441. The summed E-state index contributed by atoms with van der Waals surface area (Å²) in [5, 5.41) is 4.88. The smallest absolute Gasteiger partial charge is 0.0985 e. The maximum Gasteiger partial charge on any atom is 0.0985 e. The van der Waals surface area contributed by atoms with Gasteiger partial charge < -0.3 is 10.2 Å². The molecule has 0 radical (unpaired) electrons. The summed E-state index contributed by atoms with van der Waals surface area (Å²) in [5.74, 6) is 0. The third kappa shape index (κ3) is 4.27. The number of aryl methyl sites for hydroxylation is 1. The molecule has 20 heavy (non-hydrogen) atoms. The second kappa shape index (κ2) is 6.12. The Morgan fingerprint density at radius 2 is 1.75 bits per heavy atom. The fraction of sp³-hybridized carbons (Fsp3) is 0.812. The number of hydrogen-bond acceptors (Lipinski definition) is 4. The molecule has 0 aromatic carbocycles. The van der Waals surface area contributed by atoms with E-state index < -0.39 is 0 Å². The van der Waals surface area contributed by atoms with Crippen molar-refractivity contribution < 1.29 is 0 Å². The summed E-state index contributed by atoms with van der Waals surface area (Å²) in [5.41, 5.74) is 1.46. The number of likely N-dealkylation sites (N-methyl/N-ethyl adjacent to an activating group) is 1. The first-order valence-corrected chi connectivity index (χ1v) is 8.15. The second-order valence-corrected chi connectivity index (χ2v) is 8.56. The van der Waals surface area contributed by atoms with E-state index in [0.717, 1.165) is 6.54 Å². The van der Waals surface area contributed by atoms with E-state index >= 15 is 0 Å². The first-order valence-electron chi connectivity index (χ1n) is 7.34. The van der Waals surface area contributed by atoms with Gasteiger partial charge in [-0.25, -0.2) is 4.98 Å². The fourth-order valence-electron chi connectivity index (χ4n) is 1.78. The highest BCUT2D eigenvalue weighted by Gasteiger charge is 2.25. The zero-order chi connectivity index (χ0) is 15.7. The molecule has 0 saturated carbocycles. The number of nitrogens with zero attached hydrogens (tertiary/aromatic N) is 2. The van der Waals surface area contributed by atoms with Gasteiger partial charge in [-0.1, -0.05) is 20.8 Å². The van der Waals surface area contributed by atoms with Crippen molar-refractivity contribution in [2.45, 2.75) is 65.5 Å². The van der Waals surface area contributed by atoms with Gasteiger partial charge in [-0.05, 0) is 41.8 Å². The summed E-state index contributed by atoms with van der Waals surface area (Å²) in [6.07, 6.45) is 0. The van der Waals surface area contributed by atoms with E-state index in [2.05, 4.69) is 72.8 Å². The van der Waals surface area contributed by atoms with Crippen molar-refractivity contribution >= 4 is 11.3 Å². The van der Waals surface area contributed by atoms with Gasteiger partial charge in [0.05, 0.1) is 10.7 Å². The topological polar surface area (TPSA) is 28.2 Å². The van der Waals surface area contributed by atoms with Crippen molar-refractivity contribution in [2.75, 3.05) is 20.6 Å². The van der Waals surface area contributed by atoms with Gasteiger partial charge in [-0.15, -0.1) is 11.3 Å². The number of thiazole rings is 1. The molecule has 3 nitrogen and oxygen atoms in total. The molecule has 1 N–H and O–H groups in total. The lowest BCUT2D eigenvalue weighted by Crippen LogP contribution is -2.47. The average Bonchev–Trinajstić information content (AvgIpc) is 2.68. The van der Waals surface area contributed by atoms with Gasteiger partial charge in [0.15, 0.2) is 0 Å². The van der Waals surface area contributed by atoms with E-state index in [4.69, 9.17) is 4.98 Å². The maximum absolute atomic E-state index is 4.75. The lowest BCUT2D eigenvalue weighted by atomic mass is 9.98. The van der Waals surface area contributed by atoms with Crippen LogP contribution in [-0.2, 0) is 5.41 Å². The first-order chi connectivity index (χ1) is 8.95. The zero-order valence-corrected chi connectivity index (χ0v) is 15.4. The molecule has 0 saturated heterocycles. The van der Waals surface area contributed by atoms with Gasteiger partial charge >= 0.3 is 0 Å². The SMILES string of the molecule is Cc1nc(C(C)(C)C)sc1C(C)NCC(C)(C)N(C)C. The minimum Gasteiger partial charge on any atom is -0.308 e. The Morgan fingerprint density at radius 3 is 2.15 bits per heavy atom. The molecule has 1 unspecified atom stereocenters. The highest BCUT2D eigenvalue weighted by molar-refractivity contribution is 7.12. The van der Waals surface area contributed by atoms with Crippen LogP contribution in [0.25, 0.3) is 0 Å². The lowest BCUT2D eigenvalue weighted by molar-refractivity contribution is 0.185. The quantitative estimate of drug-likeness (QED) is 0.897. The molecule has 0 aliphatic heterocycles. The predicted octanol–water partition coefficient (Wildman–Crippen LogP) is 3.74. The van der Waals surface area contributed by atoms with Gasteiger partial charge in [0.25, 0.3) is 0 Å². The molecule has 1 aromatic heterocycles. The summed E-state index contributed by atoms with van der Waals surface area (Å²) in [6, 6.07) is 0.350. The van der Waals surface area contributed by atoms with Gasteiger partial charge in [0.1, 0.15) is 0 Å². The van der Waals surface area contributed by atoms with Crippen LogP contribution in [0, 0.1) is 6.92 Å². The van der Waals surface area contributed by atoms with Crippen LogP contribution in [0.2, 0.25) is 0 Å².